The average molecular weight is 370 g/mol. The van der Waals surface area contributed by atoms with Crippen LogP contribution in [0.1, 0.15) is 40.7 Å². The molecule has 1 N–H and O–H groups in total. The van der Waals surface area contributed by atoms with Crippen molar-refractivity contribution in [2.24, 2.45) is 0 Å². The molecule has 1 aliphatic rings. The van der Waals surface area contributed by atoms with Crippen LogP contribution in [0.5, 0.6) is 5.75 Å². The molecule has 2 heterocycles. The Hall–Kier alpha value is -2.76. The van der Waals surface area contributed by atoms with E-state index in [0.717, 1.165) is 24.2 Å². The van der Waals surface area contributed by atoms with Crippen LogP contribution in [0.4, 0.5) is 0 Å². The van der Waals surface area contributed by atoms with Gasteiger partial charge in [0.25, 0.3) is 5.91 Å². The van der Waals surface area contributed by atoms with Gasteiger partial charge in [0.1, 0.15) is 12.0 Å². The molecule has 0 unspecified atom stereocenters. The van der Waals surface area contributed by atoms with Gasteiger partial charge >= 0.3 is 0 Å². The van der Waals surface area contributed by atoms with E-state index < -0.39 is 0 Å². The quantitative estimate of drug-likeness (QED) is 0.848. The van der Waals surface area contributed by atoms with Crippen LogP contribution in [0.3, 0.4) is 0 Å². The van der Waals surface area contributed by atoms with Gasteiger partial charge in [0.2, 0.25) is 5.91 Å². The van der Waals surface area contributed by atoms with Gasteiger partial charge in [-0.05, 0) is 44.4 Å². The first kappa shape index (κ1) is 19.0. The molecule has 6 heteroatoms. The number of hydrogen-bond acceptors (Lipinski definition) is 4. The van der Waals surface area contributed by atoms with E-state index in [0.29, 0.717) is 31.7 Å². The number of nitrogens with zero attached hydrogens (tertiary/aromatic N) is 1. The molecule has 144 valence electrons. The minimum atomic E-state index is -0.0182. The SMILES string of the molecule is Cc1ccc(OCCC(=O)NC2CCN(C(=O)c3ccoc3)CC2)c(C)c1. The molecule has 6 nitrogen and oxygen atoms in total. The van der Waals surface area contributed by atoms with E-state index in [1.54, 1.807) is 11.0 Å². The second-order valence-corrected chi connectivity index (χ2v) is 7.01. The zero-order valence-electron chi connectivity index (χ0n) is 15.9. The van der Waals surface area contributed by atoms with Gasteiger partial charge in [-0.1, -0.05) is 17.7 Å². The number of benzene rings is 1. The Morgan fingerprint density at radius 3 is 2.67 bits per heavy atom. The molecule has 2 amide bonds. The highest BCUT2D eigenvalue weighted by molar-refractivity contribution is 5.93. The van der Waals surface area contributed by atoms with Crippen LogP contribution in [-0.4, -0.2) is 42.5 Å². The highest BCUT2D eigenvalue weighted by atomic mass is 16.5. The standard InChI is InChI=1S/C21H26N2O4/c1-15-3-4-19(16(2)13-15)27-12-8-20(24)22-18-5-9-23(10-6-18)21(25)17-7-11-26-14-17/h3-4,7,11,13-14,18H,5-6,8-10,12H2,1-2H3,(H,22,24). The van der Waals surface area contributed by atoms with Crippen molar-refractivity contribution in [2.75, 3.05) is 19.7 Å². The molecule has 1 aromatic heterocycles. The van der Waals surface area contributed by atoms with Crippen molar-refractivity contribution in [3.63, 3.8) is 0 Å². The van der Waals surface area contributed by atoms with Crippen LogP contribution in [-0.2, 0) is 4.79 Å². The molecule has 27 heavy (non-hydrogen) atoms. The molecule has 0 atom stereocenters. The second-order valence-electron chi connectivity index (χ2n) is 7.01. The van der Waals surface area contributed by atoms with Gasteiger partial charge < -0.3 is 19.4 Å². The summed E-state index contributed by atoms with van der Waals surface area (Å²) in [5.74, 6) is 0.786. The van der Waals surface area contributed by atoms with E-state index in [9.17, 15) is 9.59 Å². The number of aryl methyl sites for hydroxylation is 2. The summed E-state index contributed by atoms with van der Waals surface area (Å²) in [5.41, 5.74) is 2.83. The molecule has 0 radical (unpaired) electrons. The lowest BCUT2D eigenvalue weighted by molar-refractivity contribution is -0.122. The molecule has 0 spiro atoms. The maximum absolute atomic E-state index is 12.3. The van der Waals surface area contributed by atoms with Crippen LogP contribution in [0.15, 0.2) is 41.2 Å². The van der Waals surface area contributed by atoms with Crippen molar-refractivity contribution in [1.29, 1.82) is 0 Å². The average Bonchev–Trinajstić information content (AvgIpc) is 3.18. The largest absolute Gasteiger partial charge is 0.493 e. The minimum absolute atomic E-state index is 0.0145. The molecule has 0 bridgehead atoms. The first-order valence-electron chi connectivity index (χ1n) is 9.34. The highest BCUT2D eigenvalue weighted by Gasteiger charge is 2.25. The summed E-state index contributed by atoms with van der Waals surface area (Å²) in [6.07, 6.45) is 4.80. The molecular weight excluding hydrogens is 344 g/mol. The monoisotopic (exact) mass is 370 g/mol. The van der Waals surface area contributed by atoms with Crippen molar-refractivity contribution < 1.29 is 18.7 Å². The normalized spacial score (nSPS) is 14.8. The van der Waals surface area contributed by atoms with Crippen LogP contribution in [0, 0.1) is 13.8 Å². The van der Waals surface area contributed by atoms with E-state index in [1.807, 2.05) is 26.0 Å². The maximum Gasteiger partial charge on any atom is 0.257 e. The van der Waals surface area contributed by atoms with Gasteiger partial charge in [0.15, 0.2) is 0 Å². The second kappa shape index (κ2) is 8.75. The molecule has 1 fully saturated rings. The minimum Gasteiger partial charge on any atom is -0.493 e. The summed E-state index contributed by atoms with van der Waals surface area (Å²) in [5, 5.41) is 3.05. The summed E-state index contributed by atoms with van der Waals surface area (Å²) in [6.45, 7) is 5.66. The fourth-order valence-corrected chi connectivity index (χ4v) is 3.31. The van der Waals surface area contributed by atoms with Crippen molar-refractivity contribution in [2.45, 2.75) is 39.2 Å². The molecule has 3 rings (SSSR count). The molecule has 0 saturated carbocycles. The van der Waals surface area contributed by atoms with Gasteiger partial charge in [-0.3, -0.25) is 9.59 Å². The Balaban J connectivity index is 1.37. The van der Waals surface area contributed by atoms with Crippen molar-refractivity contribution in [1.82, 2.24) is 10.2 Å². The Bertz CT molecular complexity index is 777. The number of nitrogens with one attached hydrogen (secondary N) is 1. The number of amides is 2. The van der Waals surface area contributed by atoms with Gasteiger partial charge in [0, 0.05) is 19.1 Å². The molecule has 1 saturated heterocycles. The van der Waals surface area contributed by atoms with Crippen LogP contribution in [0.2, 0.25) is 0 Å². The number of piperidine rings is 1. The fraction of sp³-hybridized carbons (Fsp3) is 0.429. The van der Waals surface area contributed by atoms with E-state index in [-0.39, 0.29) is 17.9 Å². The predicted octanol–water partition coefficient (Wildman–Crippen LogP) is 3.09. The summed E-state index contributed by atoms with van der Waals surface area (Å²) in [7, 11) is 0. The number of furan rings is 1. The number of hydrogen-bond donors (Lipinski definition) is 1. The smallest absolute Gasteiger partial charge is 0.257 e. The zero-order chi connectivity index (χ0) is 19.2. The summed E-state index contributed by atoms with van der Waals surface area (Å²) in [4.78, 5) is 26.2. The lowest BCUT2D eigenvalue weighted by Gasteiger charge is -2.32. The number of ether oxygens (including phenoxy) is 1. The van der Waals surface area contributed by atoms with Gasteiger partial charge in [0.05, 0.1) is 24.9 Å². The molecule has 1 aromatic carbocycles. The van der Waals surface area contributed by atoms with Crippen LogP contribution in [0.25, 0.3) is 0 Å². The zero-order valence-corrected chi connectivity index (χ0v) is 15.9. The van der Waals surface area contributed by atoms with Crippen molar-refractivity contribution in [3.05, 3.63) is 53.5 Å². The van der Waals surface area contributed by atoms with E-state index in [1.165, 1.54) is 18.1 Å². The molecule has 1 aliphatic heterocycles. The Morgan fingerprint density at radius 1 is 1.22 bits per heavy atom. The van der Waals surface area contributed by atoms with Crippen molar-refractivity contribution >= 4 is 11.8 Å². The molecular formula is C21H26N2O4. The number of carbonyl (C=O) groups is 2. The van der Waals surface area contributed by atoms with Crippen LogP contribution >= 0.6 is 0 Å². The fourth-order valence-electron chi connectivity index (χ4n) is 3.31. The number of rotatable bonds is 6. The Morgan fingerprint density at radius 2 is 2.00 bits per heavy atom. The van der Waals surface area contributed by atoms with E-state index in [4.69, 9.17) is 9.15 Å². The number of likely N-dealkylation sites (tertiary alicyclic amines) is 1. The van der Waals surface area contributed by atoms with Gasteiger partial charge in [-0.2, -0.15) is 0 Å². The Kier molecular flexibility index (Phi) is 6.16. The maximum atomic E-state index is 12.3. The lowest BCUT2D eigenvalue weighted by Crippen LogP contribution is -2.46. The third-order valence-electron chi connectivity index (χ3n) is 4.83. The highest BCUT2D eigenvalue weighted by Crippen LogP contribution is 2.19. The summed E-state index contributed by atoms with van der Waals surface area (Å²) < 4.78 is 10.7. The molecule has 2 aromatic rings. The summed E-state index contributed by atoms with van der Waals surface area (Å²) >= 11 is 0. The summed E-state index contributed by atoms with van der Waals surface area (Å²) in [6, 6.07) is 7.78. The number of carbonyl (C=O) groups excluding carboxylic acids is 2. The topological polar surface area (TPSA) is 71.8 Å². The molecule has 0 aliphatic carbocycles. The van der Waals surface area contributed by atoms with Gasteiger partial charge in [-0.15, -0.1) is 0 Å². The third-order valence-corrected chi connectivity index (χ3v) is 4.83. The lowest BCUT2D eigenvalue weighted by atomic mass is 10.0. The first-order valence-corrected chi connectivity index (χ1v) is 9.34. The first-order chi connectivity index (χ1) is 13.0. The van der Waals surface area contributed by atoms with Gasteiger partial charge in [-0.25, -0.2) is 0 Å². The predicted molar refractivity (Wildman–Crippen MR) is 102 cm³/mol. The Labute approximate surface area is 159 Å². The van der Waals surface area contributed by atoms with E-state index >= 15 is 0 Å². The third kappa shape index (κ3) is 5.12. The van der Waals surface area contributed by atoms with Crippen LogP contribution < -0.4 is 10.1 Å². The van der Waals surface area contributed by atoms with E-state index in [2.05, 4.69) is 11.4 Å². The van der Waals surface area contributed by atoms with Crippen molar-refractivity contribution in [3.8, 4) is 5.75 Å².